The van der Waals surface area contributed by atoms with Gasteiger partial charge >= 0.3 is 5.22 Å². The van der Waals surface area contributed by atoms with Crippen molar-refractivity contribution in [2.75, 3.05) is 0 Å². The van der Waals surface area contributed by atoms with E-state index in [1.54, 1.807) is 30.3 Å². The van der Waals surface area contributed by atoms with Crippen molar-refractivity contribution in [3.05, 3.63) is 77.4 Å². The largest absolute Gasteiger partial charge is 0.411 e. The summed E-state index contributed by atoms with van der Waals surface area (Å²) in [7, 11) is -3.80. The van der Waals surface area contributed by atoms with Crippen LogP contribution in [0.25, 0.3) is 0 Å². The Morgan fingerprint density at radius 2 is 1.73 bits per heavy atom. The number of hydrogen-bond acceptors (Lipinski definition) is 6. The van der Waals surface area contributed by atoms with Crippen molar-refractivity contribution in [2.24, 2.45) is 0 Å². The van der Waals surface area contributed by atoms with Gasteiger partial charge in [0.1, 0.15) is 5.82 Å². The number of nitrogens with zero attached hydrogens (tertiary/aromatic N) is 2. The summed E-state index contributed by atoms with van der Waals surface area (Å²) in [5.41, 5.74) is 0.448. The summed E-state index contributed by atoms with van der Waals surface area (Å²) in [6, 6.07) is 14.0. The highest BCUT2D eigenvalue weighted by Gasteiger charge is 2.23. The smallest absolute Gasteiger partial charge is 0.335 e. The Hall–Kier alpha value is -3.07. The molecule has 3 aromatic rings. The SMILES string of the molecule is O=C(NCc1nnc(S(=O)(=O)Cc2ccccc2)o1)c1ccccc1F. The van der Waals surface area contributed by atoms with E-state index in [1.165, 1.54) is 18.2 Å². The maximum atomic E-state index is 13.5. The Bertz CT molecular complexity index is 1020. The lowest BCUT2D eigenvalue weighted by Gasteiger charge is -2.03. The lowest BCUT2D eigenvalue weighted by molar-refractivity contribution is 0.0942. The van der Waals surface area contributed by atoms with Gasteiger partial charge in [-0.15, -0.1) is 5.10 Å². The van der Waals surface area contributed by atoms with Crippen LogP contribution in [0, 0.1) is 5.82 Å². The predicted molar refractivity (Wildman–Crippen MR) is 89.2 cm³/mol. The van der Waals surface area contributed by atoms with Crippen molar-refractivity contribution in [3.63, 3.8) is 0 Å². The first-order chi connectivity index (χ1) is 12.5. The first-order valence-electron chi connectivity index (χ1n) is 7.57. The van der Waals surface area contributed by atoms with Crippen LogP contribution in [0.5, 0.6) is 0 Å². The Balaban J connectivity index is 1.66. The average molecular weight is 375 g/mol. The van der Waals surface area contributed by atoms with E-state index in [9.17, 15) is 17.6 Å². The summed E-state index contributed by atoms with van der Waals surface area (Å²) >= 11 is 0. The van der Waals surface area contributed by atoms with Crippen LogP contribution in [0.3, 0.4) is 0 Å². The zero-order valence-electron chi connectivity index (χ0n) is 13.4. The number of halogens is 1. The zero-order valence-corrected chi connectivity index (χ0v) is 14.2. The Labute approximate surface area is 148 Å². The molecule has 0 fully saturated rings. The van der Waals surface area contributed by atoms with Crippen molar-refractivity contribution in [1.29, 1.82) is 0 Å². The lowest BCUT2D eigenvalue weighted by Crippen LogP contribution is -2.23. The second-order valence-corrected chi connectivity index (χ2v) is 7.24. The molecule has 0 saturated carbocycles. The third-order valence-corrected chi connectivity index (χ3v) is 4.84. The van der Waals surface area contributed by atoms with Gasteiger partial charge < -0.3 is 9.73 Å². The fourth-order valence-corrected chi connectivity index (χ4v) is 3.33. The molecule has 3 rings (SSSR count). The average Bonchev–Trinajstić information content (AvgIpc) is 3.11. The monoisotopic (exact) mass is 375 g/mol. The normalized spacial score (nSPS) is 11.3. The van der Waals surface area contributed by atoms with Crippen LogP contribution in [0.4, 0.5) is 4.39 Å². The van der Waals surface area contributed by atoms with Gasteiger partial charge in [-0.25, -0.2) is 12.8 Å². The van der Waals surface area contributed by atoms with Crippen molar-refractivity contribution in [2.45, 2.75) is 17.5 Å². The maximum Gasteiger partial charge on any atom is 0.335 e. The van der Waals surface area contributed by atoms with Crippen LogP contribution >= 0.6 is 0 Å². The van der Waals surface area contributed by atoms with Gasteiger partial charge in [0, 0.05) is 0 Å². The van der Waals surface area contributed by atoms with Gasteiger partial charge in [-0.3, -0.25) is 4.79 Å². The number of benzene rings is 2. The number of sulfone groups is 1. The quantitative estimate of drug-likeness (QED) is 0.708. The van der Waals surface area contributed by atoms with E-state index in [4.69, 9.17) is 4.42 Å². The number of hydrogen-bond donors (Lipinski definition) is 1. The third-order valence-electron chi connectivity index (χ3n) is 3.43. The second-order valence-electron chi connectivity index (χ2n) is 5.37. The van der Waals surface area contributed by atoms with E-state index in [1.807, 2.05) is 0 Å². The molecule has 7 nitrogen and oxygen atoms in total. The molecule has 0 bridgehead atoms. The van der Waals surface area contributed by atoms with Gasteiger partial charge in [0.25, 0.3) is 5.91 Å². The highest BCUT2D eigenvalue weighted by molar-refractivity contribution is 7.90. The van der Waals surface area contributed by atoms with Crippen molar-refractivity contribution < 1.29 is 22.0 Å². The molecule has 0 atom stereocenters. The maximum absolute atomic E-state index is 13.5. The van der Waals surface area contributed by atoms with E-state index in [-0.39, 0.29) is 23.8 Å². The summed E-state index contributed by atoms with van der Waals surface area (Å²) in [6.07, 6.45) is 0. The minimum atomic E-state index is -3.80. The van der Waals surface area contributed by atoms with Gasteiger partial charge in [0.15, 0.2) is 0 Å². The van der Waals surface area contributed by atoms with E-state index in [2.05, 4.69) is 15.5 Å². The van der Waals surface area contributed by atoms with Crippen LogP contribution in [0.2, 0.25) is 0 Å². The first-order valence-corrected chi connectivity index (χ1v) is 9.23. The van der Waals surface area contributed by atoms with Gasteiger partial charge in [0.05, 0.1) is 17.9 Å². The molecule has 9 heteroatoms. The molecule has 1 heterocycles. The molecular weight excluding hydrogens is 361 g/mol. The molecule has 0 spiro atoms. The third kappa shape index (κ3) is 4.12. The minimum Gasteiger partial charge on any atom is -0.411 e. The number of carbonyl (C=O) groups excluding carboxylic acids is 1. The number of aromatic nitrogens is 2. The number of amides is 1. The number of rotatable bonds is 6. The summed E-state index contributed by atoms with van der Waals surface area (Å²) in [6.45, 7) is -0.221. The molecular formula is C17H14FN3O4S. The highest BCUT2D eigenvalue weighted by Crippen LogP contribution is 2.15. The first kappa shape index (κ1) is 17.7. The number of nitrogens with one attached hydrogen (secondary N) is 1. The Morgan fingerprint density at radius 3 is 2.46 bits per heavy atom. The topological polar surface area (TPSA) is 102 Å². The molecule has 0 aliphatic heterocycles. The predicted octanol–water partition coefficient (Wildman–Crippen LogP) is 2.11. The molecule has 1 amide bonds. The summed E-state index contributed by atoms with van der Waals surface area (Å²) in [5, 5.41) is 9.00. The van der Waals surface area contributed by atoms with E-state index < -0.39 is 26.8 Å². The van der Waals surface area contributed by atoms with Crippen molar-refractivity contribution >= 4 is 15.7 Å². The van der Waals surface area contributed by atoms with Crippen LogP contribution in [0.1, 0.15) is 21.8 Å². The molecule has 134 valence electrons. The second kappa shape index (κ2) is 7.44. The molecule has 1 N–H and O–H groups in total. The fraction of sp³-hybridized carbons (Fsp3) is 0.118. The molecule has 1 aromatic heterocycles. The standard InChI is InChI=1S/C17H14FN3O4S/c18-14-9-5-4-8-13(14)16(22)19-10-15-20-21-17(25-15)26(23,24)11-12-6-2-1-3-7-12/h1-9H,10-11H2,(H,19,22). The van der Waals surface area contributed by atoms with E-state index in [0.29, 0.717) is 5.56 Å². The molecule has 0 aliphatic rings. The van der Waals surface area contributed by atoms with E-state index in [0.717, 1.165) is 6.07 Å². The van der Waals surface area contributed by atoms with Crippen LogP contribution in [-0.4, -0.2) is 24.5 Å². The van der Waals surface area contributed by atoms with Crippen LogP contribution in [0.15, 0.2) is 64.2 Å². The summed E-state index contributed by atoms with van der Waals surface area (Å²) < 4.78 is 43.2. The van der Waals surface area contributed by atoms with Crippen LogP contribution in [-0.2, 0) is 22.1 Å². The van der Waals surface area contributed by atoms with Gasteiger partial charge in [0.2, 0.25) is 15.7 Å². The van der Waals surface area contributed by atoms with Gasteiger partial charge in [-0.2, -0.15) is 0 Å². The van der Waals surface area contributed by atoms with Crippen molar-refractivity contribution in [1.82, 2.24) is 15.5 Å². The Morgan fingerprint density at radius 1 is 1.04 bits per heavy atom. The van der Waals surface area contributed by atoms with Gasteiger partial charge in [-0.1, -0.05) is 47.6 Å². The van der Waals surface area contributed by atoms with Gasteiger partial charge in [-0.05, 0) is 17.7 Å². The highest BCUT2D eigenvalue weighted by atomic mass is 32.2. The minimum absolute atomic E-state index is 0.0960. The van der Waals surface area contributed by atoms with E-state index >= 15 is 0 Å². The van der Waals surface area contributed by atoms with Crippen molar-refractivity contribution in [3.8, 4) is 0 Å². The molecule has 0 saturated heterocycles. The Kier molecular flexibility index (Phi) is 5.08. The molecule has 0 aliphatic carbocycles. The summed E-state index contributed by atoms with van der Waals surface area (Å²) in [5.74, 6) is -1.71. The molecule has 0 unspecified atom stereocenters. The summed E-state index contributed by atoms with van der Waals surface area (Å²) in [4.78, 5) is 11.9. The number of carbonyl (C=O) groups is 1. The molecule has 26 heavy (non-hydrogen) atoms. The fourth-order valence-electron chi connectivity index (χ4n) is 2.19. The molecule has 0 radical (unpaired) electrons. The molecule has 2 aromatic carbocycles. The van der Waals surface area contributed by atoms with Crippen LogP contribution < -0.4 is 5.32 Å². The zero-order chi connectivity index (χ0) is 18.6. The lowest BCUT2D eigenvalue weighted by atomic mass is 10.2.